The van der Waals surface area contributed by atoms with Crippen molar-refractivity contribution in [3.05, 3.63) is 12.3 Å². The maximum Gasteiger partial charge on any atom is 0.0691 e. The van der Waals surface area contributed by atoms with Gasteiger partial charge in [-0.1, -0.05) is 0 Å². The molecule has 0 heterocycles. The van der Waals surface area contributed by atoms with Gasteiger partial charge in [0.1, 0.15) is 0 Å². The Kier molecular flexibility index (Phi) is 6.80. The van der Waals surface area contributed by atoms with Crippen LogP contribution in [0.15, 0.2) is 22.3 Å². The molecule has 0 saturated heterocycles. The molecule has 0 aromatic rings. The molecule has 4 heteroatoms. The number of isothiocyanates is 2. The zero-order chi connectivity index (χ0) is 6.95. The highest BCUT2D eigenvalue weighted by Crippen LogP contribution is 1.73. The molecule has 0 aliphatic rings. The van der Waals surface area contributed by atoms with Gasteiger partial charge in [-0.25, -0.2) is 9.98 Å². The van der Waals surface area contributed by atoms with Crippen molar-refractivity contribution in [1.82, 2.24) is 0 Å². The van der Waals surface area contributed by atoms with Crippen LogP contribution < -0.4 is 0 Å². The van der Waals surface area contributed by atoms with E-state index in [1.807, 2.05) is 0 Å². The fourth-order valence-electron chi connectivity index (χ4n) is 0.220. The second-order valence-corrected chi connectivity index (χ2v) is 1.40. The van der Waals surface area contributed by atoms with Gasteiger partial charge >= 0.3 is 0 Å². The van der Waals surface area contributed by atoms with Crippen molar-refractivity contribution < 1.29 is 0 Å². The average molecular weight is 156 g/mol. The Bertz CT molecular complexity index is 185. The Morgan fingerprint density at radius 1 is 1.33 bits per heavy atom. The summed E-state index contributed by atoms with van der Waals surface area (Å²) in [6.45, 7) is 0.504. The van der Waals surface area contributed by atoms with E-state index in [1.165, 1.54) is 6.20 Å². The van der Waals surface area contributed by atoms with Crippen LogP contribution >= 0.6 is 24.4 Å². The van der Waals surface area contributed by atoms with Crippen LogP contribution in [0.3, 0.4) is 0 Å². The quantitative estimate of drug-likeness (QED) is 0.459. The largest absolute Gasteiger partial charge is 0.228 e. The van der Waals surface area contributed by atoms with E-state index < -0.39 is 0 Å². The summed E-state index contributed by atoms with van der Waals surface area (Å²) in [6.07, 6.45) is 3.22. The summed E-state index contributed by atoms with van der Waals surface area (Å²) >= 11 is 8.61. The average Bonchev–Trinajstić information content (AvgIpc) is 1.89. The number of rotatable bonds is 3. The highest BCUT2D eigenvalue weighted by Gasteiger charge is 1.64. The van der Waals surface area contributed by atoms with E-state index >= 15 is 0 Å². The smallest absolute Gasteiger partial charge is 0.0691 e. The van der Waals surface area contributed by atoms with Gasteiger partial charge in [-0.2, -0.15) is 0 Å². The fourth-order valence-corrected chi connectivity index (χ4v) is 0.356. The van der Waals surface area contributed by atoms with E-state index in [0.29, 0.717) is 6.54 Å². The second-order valence-electron chi connectivity index (χ2n) is 1.04. The lowest BCUT2D eigenvalue weighted by Gasteiger charge is -1.71. The third kappa shape index (κ3) is 7.34. The molecule has 0 unspecified atom stereocenters. The molecule has 0 aliphatic carbocycles. The number of thiocarbonyl (C=S) groups is 2. The summed E-state index contributed by atoms with van der Waals surface area (Å²) in [5.41, 5.74) is 0. The summed E-state index contributed by atoms with van der Waals surface area (Å²) in [7, 11) is 0. The predicted octanol–water partition coefficient (Wildman–Crippen LogP) is 1.71. The van der Waals surface area contributed by atoms with E-state index in [1.54, 1.807) is 6.08 Å². The molecule has 0 rings (SSSR count). The summed E-state index contributed by atoms with van der Waals surface area (Å²) in [6, 6.07) is 0. The second kappa shape index (κ2) is 7.34. The standard InChI is InChI=1S/C5H4N2S2/c8-4-6-2-1-3-7-5-9/h1-2H,3H2/b2-1-. The van der Waals surface area contributed by atoms with Gasteiger partial charge in [-0.3, -0.25) is 0 Å². The molecule has 0 fully saturated rings. The van der Waals surface area contributed by atoms with Gasteiger partial charge < -0.3 is 0 Å². The van der Waals surface area contributed by atoms with Crippen molar-refractivity contribution in [3.63, 3.8) is 0 Å². The molecule has 0 amide bonds. The van der Waals surface area contributed by atoms with Crippen LogP contribution in [0.4, 0.5) is 0 Å². The lowest BCUT2D eigenvalue weighted by atomic mass is 10.6. The number of hydrogen-bond donors (Lipinski definition) is 0. The zero-order valence-electron chi connectivity index (χ0n) is 4.57. The third-order valence-electron chi connectivity index (χ3n) is 0.494. The highest BCUT2D eigenvalue weighted by atomic mass is 32.1. The van der Waals surface area contributed by atoms with E-state index in [-0.39, 0.29) is 0 Å². The van der Waals surface area contributed by atoms with E-state index in [0.717, 1.165) is 0 Å². The summed E-state index contributed by atoms with van der Waals surface area (Å²) < 4.78 is 0. The van der Waals surface area contributed by atoms with Crippen LogP contribution in [0, 0.1) is 0 Å². The molecule has 0 saturated carbocycles. The van der Waals surface area contributed by atoms with E-state index in [2.05, 4.69) is 44.7 Å². The van der Waals surface area contributed by atoms with Crippen LogP contribution in [0.5, 0.6) is 0 Å². The van der Waals surface area contributed by atoms with Gasteiger partial charge in [0.05, 0.1) is 16.9 Å². The first kappa shape index (κ1) is 8.34. The molecule has 9 heavy (non-hydrogen) atoms. The Balaban J connectivity index is 3.47. The molecular weight excluding hydrogens is 152 g/mol. The summed E-state index contributed by atoms with van der Waals surface area (Å²) in [5, 5.41) is 4.39. The topological polar surface area (TPSA) is 24.7 Å². The molecule has 46 valence electrons. The van der Waals surface area contributed by atoms with Crippen molar-refractivity contribution in [3.8, 4) is 0 Å². The monoisotopic (exact) mass is 156 g/mol. The maximum atomic E-state index is 4.31. The lowest BCUT2D eigenvalue weighted by molar-refractivity contribution is 1.26. The Morgan fingerprint density at radius 2 is 2.11 bits per heavy atom. The molecule has 0 aromatic carbocycles. The molecule has 0 bridgehead atoms. The summed E-state index contributed by atoms with van der Waals surface area (Å²) in [5.74, 6) is 0. The molecule has 0 atom stereocenters. The normalized spacial score (nSPS) is 8.00. The van der Waals surface area contributed by atoms with E-state index in [9.17, 15) is 0 Å². The van der Waals surface area contributed by atoms with Crippen molar-refractivity contribution in [1.29, 1.82) is 0 Å². The molecule has 2 nitrogen and oxygen atoms in total. The van der Waals surface area contributed by atoms with Crippen LogP contribution in [0.2, 0.25) is 0 Å². The van der Waals surface area contributed by atoms with Gasteiger partial charge in [-0.15, -0.1) is 0 Å². The molecule has 0 spiro atoms. The first-order valence-electron chi connectivity index (χ1n) is 2.17. The molecule has 0 radical (unpaired) electrons. The molecule has 0 aliphatic heterocycles. The Hall–Kier alpha value is -0.660. The van der Waals surface area contributed by atoms with Crippen LogP contribution in [0.1, 0.15) is 0 Å². The Morgan fingerprint density at radius 3 is 2.67 bits per heavy atom. The predicted molar refractivity (Wildman–Crippen MR) is 44.1 cm³/mol. The van der Waals surface area contributed by atoms with Gasteiger partial charge in [0, 0.05) is 6.20 Å². The number of hydrogen-bond acceptors (Lipinski definition) is 4. The van der Waals surface area contributed by atoms with Gasteiger partial charge in [0.2, 0.25) is 0 Å². The minimum absolute atomic E-state index is 0.504. The van der Waals surface area contributed by atoms with Crippen molar-refractivity contribution in [2.75, 3.05) is 6.54 Å². The maximum absolute atomic E-state index is 4.31. The number of nitrogens with zero attached hydrogens (tertiary/aromatic N) is 2. The molecule has 0 aromatic heterocycles. The van der Waals surface area contributed by atoms with Gasteiger partial charge in [0.25, 0.3) is 0 Å². The van der Waals surface area contributed by atoms with Crippen LogP contribution in [0.25, 0.3) is 0 Å². The van der Waals surface area contributed by atoms with Crippen molar-refractivity contribution >= 4 is 34.8 Å². The fraction of sp³-hybridized carbons (Fsp3) is 0.200. The minimum Gasteiger partial charge on any atom is -0.228 e. The van der Waals surface area contributed by atoms with E-state index in [4.69, 9.17) is 0 Å². The summed E-state index contributed by atoms with van der Waals surface area (Å²) in [4.78, 5) is 7.11. The molecule has 0 N–H and O–H groups in total. The van der Waals surface area contributed by atoms with Crippen molar-refractivity contribution in [2.45, 2.75) is 0 Å². The molecular formula is C5H4N2S2. The zero-order valence-corrected chi connectivity index (χ0v) is 6.21. The third-order valence-corrected chi connectivity index (χ3v) is 0.728. The van der Waals surface area contributed by atoms with Crippen LogP contribution in [-0.2, 0) is 0 Å². The SMILES string of the molecule is S=C=N/C=C\CN=C=S. The lowest BCUT2D eigenvalue weighted by Crippen LogP contribution is -1.65. The first-order chi connectivity index (χ1) is 4.41. The Labute approximate surface area is 64.0 Å². The number of aliphatic imine (C=N–C) groups is 2. The minimum atomic E-state index is 0.504. The van der Waals surface area contributed by atoms with Gasteiger partial charge in [0.15, 0.2) is 0 Å². The van der Waals surface area contributed by atoms with Crippen LogP contribution in [-0.4, -0.2) is 16.9 Å². The first-order valence-corrected chi connectivity index (χ1v) is 2.99. The van der Waals surface area contributed by atoms with Crippen molar-refractivity contribution in [2.24, 2.45) is 9.98 Å². The van der Waals surface area contributed by atoms with Gasteiger partial charge in [-0.05, 0) is 30.5 Å². The highest BCUT2D eigenvalue weighted by molar-refractivity contribution is 7.78.